The van der Waals surface area contributed by atoms with E-state index in [2.05, 4.69) is 124 Å². The van der Waals surface area contributed by atoms with E-state index in [1.54, 1.807) is 78.9 Å². The number of aryl methyl sites for hydroxylation is 2. The predicted molar refractivity (Wildman–Crippen MR) is 409 cm³/mol. The van der Waals surface area contributed by atoms with E-state index in [0.29, 0.717) is 59.4 Å². The van der Waals surface area contributed by atoms with E-state index in [9.17, 15) is 39.6 Å². The molecule has 574 valence electrons. The quantitative estimate of drug-likeness (QED) is 0.0604. The van der Waals surface area contributed by atoms with Crippen LogP contribution in [0, 0.1) is 51.1 Å². The summed E-state index contributed by atoms with van der Waals surface area (Å²) in [5, 5.41) is 40.1. The molecular formula is C81H78F6N20O3S2. The molecule has 9 heterocycles. The van der Waals surface area contributed by atoms with Crippen molar-refractivity contribution in [3.63, 3.8) is 0 Å². The lowest BCUT2D eigenvalue weighted by Gasteiger charge is -2.37. The number of aromatic nitrogens is 20. The predicted octanol–water partition coefficient (Wildman–Crippen LogP) is 12.6. The second-order valence-electron chi connectivity index (χ2n) is 31.9. The molecule has 3 saturated carbocycles. The Labute approximate surface area is 642 Å². The van der Waals surface area contributed by atoms with Crippen molar-refractivity contribution in [1.29, 1.82) is 0 Å². The fourth-order valence-corrected chi connectivity index (χ4v) is 20.0. The van der Waals surface area contributed by atoms with Crippen LogP contribution < -0.4 is 0 Å². The first kappa shape index (κ1) is 75.0. The summed E-state index contributed by atoms with van der Waals surface area (Å²) in [6.07, 6.45) is 19.2. The van der Waals surface area contributed by atoms with Crippen LogP contribution in [0.2, 0.25) is 0 Å². The zero-order valence-corrected chi connectivity index (χ0v) is 64.5. The molecular weight excluding hydrogens is 1480 g/mol. The summed E-state index contributed by atoms with van der Waals surface area (Å²) in [5.41, 5.74) is 5.90. The van der Waals surface area contributed by atoms with E-state index in [1.807, 2.05) is 18.2 Å². The number of carbonyl (C=O) groups is 1. The van der Waals surface area contributed by atoms with E-state index in [1.165, 1.54) is 70.9 Å². The monoisotopic (exact) mass is 1560 g/mol. The smallest absolute Gasteiger partial charge is 0.252 e. The highest BCUT2D eigenvalue weighted by Gasteiger charge is 2.68. The number of carbonyl (C=O) groups excluding carboxylic acids is 1. The number of fused-ring (bicyclic) bond motifs is 15. The van der Waals surface area contributed by atoms with Crippen LogP contribution >= 0.6 is 0 Å². The third-order valence-corrected chi connectivity index (χ3v) is 26.4. The molecule has 6 bridgehead atoms. The molecule has 23 nitrogen and oxygen atoms in total. The van der Waals surface area contributed by atoms with Gasteiger partial charge in [-0.1, -0.05) is 59.7 Å². The lowest BCUT2D eigenvalue weighted by molar-refractivity contribution is -0.117. The molecule has 112 heavy (non-hydrogen) atoms. The van der Waals surface area contributed by atoms with Gasteiger partial charge >= 0.3 is 0 Å². The minimum Gasteiger partial charge on any atom is -0.298 e. The van der Waals surface area contributed by atoms with Crippen LogP contribution in [0.4, 0.5) is 26.3 Å². The van der Waals surface area contributed by atoms with Gasteiger partial charge in [0, 0.05) is 61.6 Å². The molecule has 3 aromatic carbocycles. The first-order valence-electron chi connectivity index (χ1n) is 36.7. The SMILES string of the molecule is C=S(C)(=O)CCc1ncn(-c2nccc([C@@]34CC[C@@H](c5cc(-c6c(F)cccc6F)nnc53)C4(C)C)n2)n1.C=S(C)(=O)CCc1ncn(-c2nccc([C@@]34CC[C@@H](c5cc(-c6c(F)cccc6F)nnc53)C4(C)C)n2)n1.CC(=O)Cn1ccc(-c2nccc([C@@]34CC[C@@H](c5cc(-c6c(F)cccc6F)nnc53)C4(C)C)n2)n1. The maximum atomic E-state index is 14.5. The van der Waals surface area contributed by atoms with Crippen LogP contribution in [-0.2, 0) is 59.5 Å². The maximum absolute atomic E-state index is 14.5. The molecule has 0 N–H and O–H groups in total. The lowest BCUT2D eigenvalue weighted by Crippen LogP contribution is -2.38. The molecule has 0 aliphatic heterocycles. The van der Waals surface area contributed by atoms with Gasteiger partial charge < -0.3 is 0 Å². The molecule has 6 aliphatic rings. The van der Waals surface area contributed by atoms with Gasteiger partial charge in [-0.15, -0.1) is 25.5 Å². The maximum Gasteiger partial charge on any atom is 0.252 e. The Morgan fingerprint density at radius 3 is 1.16 bits per heavy atom. The van der Waals surface area contributed by atoms with Crippen molar-refractivity contribution in [1.82, 2.24) is 99.8 Å². The first-order chi connectivity index (χ1) is 53.2. The summed E-state index contributed by atoms with van der Waals surface area (Å²) in [5.74, 6) is 6.87. The highest BCUT2D eigenvalue weighted by atomic mass is 32.2. The van der Waals surface area contributed by atoms with Gasteiger partial charge in [0.1, 0.15) is 53.3 Å². The van der Waals surface area contributed by atoms with E-state index >= 15 is 0 Å². The van der Waals surface area contributed by atoms with Gasteiger partial charge in [0.15, 0.2) is 23.3 Å². The van der Waals surface area contributed by atoms with Gasteiger partial charge in [-0.05, 0) is 206 Å². The molecule has 3 fully saturated rings. The zero-order valence-electron chi connectivity index (χ0n) is 62.9. The van der Waals surface area contributed by atoms with Crippen molar-refractivity contribution in [3.05, 3.63) is 232 Å². The largest absolute Gasteiger partial charge is 0.298 e. The van der Waals surface area contributed by atoms with Gasteiger partial charge in [0.2, 0.25) is 0 Å². The van der Waals surface area contributed by atoms with Gasteiger partial charge in [-0.3, -0.25) is 17.9 Å². The number of benzene rings is 3. The highest BCUT2D eigenvalue weighted by molar-refractivity contribution is 7.99. The minimum atomic E-state index is -2.14. The Kier molecular flexibility index (Phi) is 18.3. The third-order valence-electron chi connectivity index (χ3n) is 24.3. The summed E-state index contributed by atoms with van der Waals surface area (Å²) < 4.78 is 116. The number of hydrogen-bond donors (Lipinski definition) is 0. The van der Waals surface area contributed by atoms with Crippen molar-refractivity contribution in [2.45, 2.75) is 140 Å². The van der Waals surface area contributed by atoms with E-state index in [4.69, 9.17) is 15.0 Å². The highest BCUT2D eigenvalue weighted by Crippen LogP contribution is 2.72. The van der Waals surface area contributed by atoms with E-state index in [0.717, 1.165) is 89.4 Å². The van der Waals surface area contributed by atoms with Crippen molar-refractivity contribution >= 4 is 36.6 Å². The molecule has 8 atom stereocenters. The number of halogens is 6. The molecule has 31 heteroatoms. The summed E-state index contributed by atoms with van der Waals surface area (Å²) in [6, 6.07) is 24.2. The van der Waals surface area contributed by atoms with Gasteiger partial charge in [-0.2, -0.15) is 29.8 Å². The molecule has 0 saturated heterocycles. The molecule has 9 aromatic heterocycles. The van der Waals surface area contributed by atoms with Crippen molar-refractivity contribution in [2.75, 3.05) is 24.0 Å². The normalized spacial score (nSPS) is 22.4. The van der Waals surface area contributed by atoms with Gasteiger partial charge in [-0.25, -0.2) is 66.2 Å². The number of rotatable bonds is 17. The van der Waals surface area contributed by atoms with Crippen LogP contribution in [0.15, 0.2) is 135 Å². The number of Topliss-reactive ketones (excluding diaryl/α,β-unsaturated/α-hetero) is 1. The van der Waals surface area contributed by atoms with E-state index < -0.39 is 70.2 Å². The summed E-state index contributed by atoms with van der Waals surface area (Å²) >= 11 is 0. The number of ketones is 1. The fourth-order valence-electron chi connectivity index (χ4n) is 18.8. The standard InChI is InChI=1S/2C27H27F2N7OS.C27H24F2N6O/c2*1-26(2)17-8-11-27(26,24-16(17)14-20(33-34-24)23-18(28)6-5-7-19(23)29)21-9-12-30-25(32-21)36-15-31-22(35-36)10-13-38(3,4)37;1-15(36)14-35-12-9-20(34-35)25-30-11-8-22(31-25)27-10-7-17(26(27,2)3)16-13-21(32-33-24(16)27)23-18(28)5-4-6-19(23)29/h2*5-7,9,12,14-15,17H,3,8,10-11,13H2,1-2,4H3;4-6,8-9,11-13,17H,7,10,14H2,1-3H3/t2*17-,27-,38?;17-,27-/m000/s1. The molecule has 6 aliphatic carbocycles. The second-order valence-corrected chi connectivity index (χ2v) is 37.4. The Hall–Kier alpha value is -11.1. The Balaban J connectivity index is 0.000000127. The molecule has 0 spiro atoms. The fraction of sp³-hybridized carbons (Fsp3) is 0.358. The molecule has 18 rings (SSSR count). The molecule has 2 unspecified atom stereocenters. The molecule has 12 aromatic rings. The Bertz CT molecular complexity index is 5740. The minimum absolute atomic E-state index is 0.00715. The summed E-state index contributed by atoms with van der Waals surface area (Å²) in [4.78, 5) is 48.1. The summed E-state index contributed by atoms with van der Waals surface area (Å²) in [6.45, 7) is 14.8. The van der Waals surface area contributed by atoms with Crippen molar-refractivity contribution < 1.29 is 39.6 Å². The third kappa shape index (κ3) is 12.3. The zero-order chi connectivity index (χ0) is 79.0. The van der Waals surface area contributed by atoms with Gasteiger partial charge in [0.25, 0.3) is 11.9 Å². The van der Waals surface area contributed by atoms with Crippen LogP contribution in [-0.4, -0.2) is 150 Å². The Morgan fingerprint density at radius 1 is 0.464 bits per heavy atom. The van der Waals surface area contributed by atoms with Crippen molar-refractivity contribution in [3.8, 4) is 57.2 Å². The number of hydrogen-bond acceptors (Lipinski definition) is 20. The average molecular weight is 1560 g/mol. The van der Waals surface area contributed by atoms with Crippen LogP contribution in [0.1, 0.15) is 167 Å². The molecule has 0 radical (unpaired) electrons. The molecule has 0 amide bonds. The average Bonchev–Trinajstić information content (AvgIpc) is 1.53. The van der Waals surface area contributed by atoms with Crippen molar-refractivity contribution in [2.24, 2.45) is 16.2 Å². The Morgan fingerprint density at radius 2 is 0.812 bits per heavy atom. The van der Waals surface area contributed by atoms with Crippen LogP contribution in [0.25, 0.3) is 57.2 Å². The van der Waals surface area contributed by atoms with Crippen LogP contribution in [0.3, 0.4) is 0 Å². The van der Waals surface area contributed by atoms with E-state index in [-0.39, 0.29) is 80.1 Å². The second kappa shape index (κ2) is 27.4. The topological polar surface area (TPSA) is 285 Å². The number of nitrogens with zero attached hydrogens (tertiary/aromatic N) is 20. The van der Waals surface area contributed by atoms with Gasteiger partial charge in [0.05, 0.1) is 90.7 Å². The summed E-state index contributed by atoms with van der Waals surface area (Å²) in [7, 11) is -4.29. The lowest BCUT2D eigenvalue weighted by atomic mass is 9.66. The van der Waals surface area contributed by atoms with Crippen LogP contribution in [0.5, 0.6) is 0 Å². The first-order valence-corrected chi connectivity index (χ1v) is 41.3.